The van der Waals surface area contributed by atoms with Crippen molar-refractivity contribution in [3.05, 3.63) is 27.8 Å². The summed E-state index contributed by atoms with van der Waals surface area (Å²) in [4.78, 5) is 8.43. The fourth-order valence-electron chi connectivity index (χ4n) is 1.18. The van der Waals surface area contributed by atoms with E-state index < -0.39 is 0 Å². The van der Waals surface area contributed by atoms with Gasteiger partial charge in [-0.05, 0) is 6.92 Å². The normalized spacial score (nSPS) is 10.8. The van der Waals surface area contributed by atoms with Crippen molar-refractivity contribution < 1.29 is 4.52 Å². The van der Waals surface area contributed by atoms with Crippen molar-refractivity contribution in [1.82, 2.24) is 20.4 Å². The highest BCUT2D eigenvalue weighted by molar-refractivity contribution is 7.09. The summed E-state index contributed by atoms with van der Waals surface area (Å²) in [7, 11) is 0. The zero-order chi connectivity index (χ0) is 10.7. The van der Waals surface area contributed by atoms with Gasteiger partial charge in [-0.15, -0.1) is 11.3 Å². The van der Waals surface area contributed by atoms with Gasteiger partial charge >= 0.3 is 0 Å². The van der Waals surface area contributed by atoms with Crippen LogP contribution >= 0.6 is 11.3 Å². The first-order chi connectivity index (χ1) is 7.24. The Morgan fingerprint density at radius 2 is 2.20 bits per heavy atom. The molecule has 0 bridgehead atoms. The van der Waals surface area contributed by atoms with E-state index in [0.717, 1.165) is 17.2 Å². The summed E-state index contributed by atoms with van der Waals surface area (Å²) in [6.07, 6.45) is 0. The molecule has 15 heavy (non-hydrogen) atoms. The molecular weight excluding hydrogens is 212 g/mol. The minimum absolute atomic E-state index is 0.594. The molecule has 0 spiro atoms. The Morgan fingerprint density at radius 3 is 2.80 bits per heavy atom. The van der Waals surface area contributed by atoms with Crippen LogP contribution in [0.4, 0.5) is 0 Å². The van der Waals surface area contributed by atoms with Gasteiger partial charge in [0.2, 0.25) is 5.89 Å². The van der Waals surface area contributed by atoms with E-state index in [1.54, 1.807) is 18.3 Å². The van der Waals surface area contributed by atoms with Crippen LogP contribution in [0.25, 0.3) is 0 Å². The lowest BCUT2D eigenvalue weighted by molar-refractivity contribution is 0.385. The monoisotopic (exact) mass is 224 g/mol. The summed E-state index contributed by atoms with van der Waals surface area (Å²) in [5, 5.41) is 10.1. The average Bonchev–Trinajstić information content (AvgIpc) is 2.76. The molecule has 5 nitrogen and oxygen atoms in total. The third-order valence-corrected chi connectivity index (χ3v) is 2.76. The first-order valence-electron chi connectivity index (χ1n) is 4.65. The van der Waals surface area contributed by atoms with Crippen LogP contribution in [0.15, 0.2) is 9.90 Å². The summed E-state index contributed by atoms with van der Waals surface area (Å²) in [5.41, 5.74) is 1.06. The van der Waals surface area contributed by atoms with Crippen molar-refractivity contribution >= 4 is 11.3 Å². The molecule has 0 saturated carbocycles. The largest absolute Gasteiger partial charge is 0.340 e. The quantitative estimate of drug-likeness (QED) is 0.851. The topological polar surface area (TPSA) is 63.8 Å². The Morgan fingerprint density at radius 1 is 1.33 bits per heavy atom. The van der Waals surface area contributed by atoms with Crippen LogP contribution in [-0.4, -0.2) is 15.1 Å². The lowest BCUT2D eigenvalue weighted by Crippen LogP contribution is -2.13. The first kappa shape index (κ1) is 10.3. The maximum atomic E-state index is 4.86. The van der Waals surface area contributed by atoms with E-state index in [-0.39, 0.29) is 0 Å². The molecule has 0 amide bonds. The summed E-state index contributed by atoms with van der Waals surface area (Å²) in [6.45, 7) is 5.12. The first-order valence-corrected chi connectivity index (χ1v) is 5.53. The van der Waals surface area contributed by atoms with Gasteiger partial charge in [-0.1, -0.05) is 5.16 Å². The van der Waals surface area contributed by atoms with Gasteiger partial charge in [0.15, 0.2) is 5.82 Å². The van der Waals surface area contributed by atoms with Crippen LogP contribution in [0.5, 0.6) is 0 Å². The molecule has 2 heterocycles. The Kier molecular flexibility index (Phi) is 3.08. The Labute approximate surface area is 91.5 Å². The molecule has 0 aliphatic carbocycles. The number of aryl methyl sites for hydroxylation is 2. The number of rotatable bonds is 4. The van der Waals surface area contributed by atoms with Gasteiger partial charge in [-0.3, -0.25) is 0 Å². The lowest BCUT2D eigenvalue weighted by Gasteiger charge is -1.96. The molecule has 6 heteroatoms. The summed E-state index contributed by atoms with van der Waals surface area (Å²) < 4.78 is 4.86. The zero-order valence-corrected chi connectivity index (χ0v) is 9.47. The molecule has 0 aliphatic heterocycles. The highest BCUT2D eigenvalue weighted by atomic mass is 32.1. The fraction of sp³-hybridized carbons (Fsp3) is 0.444. The molecular formula is C9H12N4OS. The average molecular weight is 224 g/mol. The molecule has 0 aliphatic rings. The summed E-state index contributed by atoms with van der Waals surface area (Å²) >= 11 is 1.65. The number of nitrogens with zero attached hydrogens (tertiary/aromatic N) is 3. The van der Waals surface area contributed by atoms with Gasteiger partial charge in [0.25, 0.3) is 0 Å². The highest BCUT2D eigenvalue weighted by Gasteiger charge is 2.02. The van der Waals surface area contributed by atoms with Crippen LogP contribution in [0.2, 0.25) is 0 Å². The molecule has 1 N–H and O–H groups in total. The van der Waals surface area contributed by atoms with E-state index in [1.165, 1.54) is 0 Å². The maximum absolute atomic E-state index is 4.86. The van der Waals surface area contributed by atoms with E-state index in [9.17, 15) is 0 Å². The van der Waals surface area contributed by atoms with Gasteiger partial charge in [0.1, 0.15) is 5.01 Å². The SMILES string of the molecule is Cc1csc(CNCc2noc(C)n2)n1. The van der Waals surface area contributed by atoms with Crippen molar-refractivity contribution in [2.24, 2.45) is 0 Å². The van der Waals surface area contributed by atoms with Crippen molar-refractivity contribution in [3.63, 3.8) is 0 Å². The van der Waals surface area contributed by atoms with Crippen molar-refractivity contribution in [2.75, 3.05) is 0 Å². The zero-order valence-electron chi connectivity index (χ0n) is 8.65. The second-order valence-corrected chi connectivity index (χ2v) is 4.16. The number of nitrogens with one attached hydrogen (secondary N) is 1. The molecule has 0 aromatic carbocycles. The van der Waals surface area contributed by atoms with Crippen LogP contribution in [-0.2, 0) is 13.1 Å². The summed E-state index contributed by atoms with van der Waals surface area (Å²) in [5.74, 6) is 1.28. The Hall–Kier alpha value is -1.27. The minimum Gasteiger partial charge on any atom is -0.340 e. The molecule has 2 aromatic rings. The van der Waals surface area contributed by atoms with E-state index >= 15 is 0 Å². The molecule has 0 fully saturated rings. The minimum atomic E-state index is 0.594. The van der Waals surface area contributed by atoms with Crippen LogP contribution in [0, 0.1) is 13.8 Å². The lowest BCUT2D eigenvalue weighted by atomic mass is 10.5. The van der Waals surface area contributed by atoms with Gasteiger partial charge in [-0.2, -0.15) is 4.98 Å². The molecule has 2 rings (SSSR count). The highest BCUT2D eigenvalue weighted by Crippen LogP contribution is 2.07. The number of thiazole rings is 1. The Balaban J connectivity index is 1.80. The second kappa shape index (κ2) is 4.50. The predicted molar refractivity (Wildman–Crippen MR) is 56.4 cm³/mol. The molecule has 2 aromatic heterocycles. The molecule has 0 atom stereocenters. The van der Waals surface area contributed by atoms with Crippen LogP contribution in [0.1, 0.15) is 22.4 Å². The van der Waals surface area contributed by atoms with Gasteiger partial charge in [0, 0.05) is 24.5 Å². The molecule has 0 unspecified atom stereocenters. The smallest absolute Gasteiger partial charge is 0.223 e. The maximum Gasteiger partial charge on any atom is 0.223 e. The molecule has 80 valence electrons. The van der Waals surface area contributed by atoms with Crippen molar-refractivity contribution in [1.29, 1.82) is 0 Å². The van der Waals surface area contributed by atoms with Crippen molar-refractivity contribution in [3.8, 4) is 0 Å². The Bertz CT molecular complexity index is 397. The molecule has 0 saturated heterocycles. The predicted octanol–water partition coefficient (Wildman–Crippen LogP) is 1.43. The number of aromatic nitrogens is 3. The van der Waals surface area contributed by atoms with Gasteiger partial charge in [0.05, 0.1) is 6.54 Å². The van der Waals surface area contributed by atoms with E-state index in [4.69, 9.17) is 4.52 Å². The summed E-state index contributed by atoms with van der Waals surface area (Å²) in [6, 6.07) is 0. The third-order valence-electron chi connectivity index (χ3n) is 1.80. The number of hydrogen-bond acceptors (Lipinski definition) is 6. The van der Waals surface area contributed by atoms with Crippen LogP contribution < -0.4 is 5.32 Å². The standard InChI is InChI=1S/C9H12N4OS/c1-6-5-15-9(11-6)4-10-3-8-12-7(2)14-13-8/h5,10H,3-4H2,1-2H3. The van der Waals surface area contributed by atoms with E-state index in [0.29, 0.717) is 18.3 Å². The van der Waals surface area contributed by atoms with Crippen LogP contribution in [0.3, 0.4) is 0 Å². The second-order valence-electron chi connectivity index (χ2n) is 3.22. The fourth-order valence-corrected chi connectivity index (χ4v) is 1.92. The van der Waals surface area contributed by atoms with Gasteiger partial charge in [-0.25, -0.2) is 4.98 Å². The molecule has 0 radical (unpaired) electrons. The van der Waals surface area contributed by atoms with Gasteiger partial charge < -0.3 is 9.84 Å². The number of hydrogen-bond donors (Lipinski definition) is 1. The van der Waals surface area contributed by atoms with E-state index in [1.807, 2.05) is 12.3 Å². The van der Waals surface area contributed by atoms with Crippen molar-refractivity contribution in [2.45, 2.75) is 26.9 Å². The third kappa shape index (κ3) is 2.84. The van der Waals surface area contributed by atoms with E-state index in [2.05, 4.69) is 20.4 Å².